The van der Waals surface area contributed by atoms with Crippen molar-refractivity contribution in [2.75, 3.05) is 18.6 Å². The number of Topliss-reactive ketones (excluding diaryl/α,β-unsaturated/α-hetero) is 1. The van der Waals surface area contributed by atoms with Crippen LogP contribution in [-0.2, 0) is 22.5 Å². The molecule has 1 aromatic heterocycles. The van der Waals surface area contributed by atoms with Gasteiger partial charge in [0.15, 0.2) is 12.4 Å². The fourth-order valence-electron chi connectivity index (χ4n) is 3.18. The Morgan fingerprint density at radius 2 is 2.04 bits per heavy atom. The van der Waals surface area contributed by atoms with Gasteiger partial charge in [0.1, 0.15) is 10.7 Å². The number of aromatic nitrogens is 2. The van der Waals surface area contributed by atoms with Crippen molar-refractivity contribution in [2.45, 2.75) is 33.7 Å². The van der Waals surface area contributed by atoms with Gasteiger partial charge in [0.25, 0.3) is 0 Å². The number of amides is 1. The predicted octanol–water partition coefficient (Wildman–Crippen LogP) is 3.06. The Morgan fingerprint density at radius 3 is 2.71 bits per heavy atom. The normalized spacial score (nSPS) is 13.2. The lowest BCUT2D eigenvalue weighted by Gasteiger charge is -2.10. The molecule has 7 nitrogen and oxygen atoms in total. The van der Waals surface area contributed by atoms with Crippen molar-refractivity contribution in [3.8, 4) is 0 Å². The van der Waals surface area contributed by atoms with Gasteiger partial charge >= 0.3 is 5.97 Å². The first-order chi connectivity index (χ1) is 13.2. The molecule has 148 valence electrons. The Labute approximate surface area is 168 Å². The van der Waals surface area contributed by atoms with E-state index in [1.165, 1.54) is 0 Å². The van der Waals surface area contributed by atoms with Gasteiger partial charge in [0.05, 0.1) is 12.1 Å². The SMILES string of the molecule is Cc1nn(CC(C)C)c(Cl)c1C(=O)OCC(=O)c1ccc2c(c1)CC(=O)N2C. The summed E-state index contributed by atoms with van der Waals surface area (Å²) in [5, 5.41) is 4.48. The van der Waals surface area contributed by atoms with Crippen LogP contribution in [0.2, 0.25) is 5.15 Å². The molecule has 28 heavy (non-hydrogen) atoms. The number of carbonyl (C=O) groups excluding carboxylic acids is 3. The van der Waals surface area contributed by atoms with Gasteiger partial charge in [-0.25, -0.2) is 4.79 Å². The number of hydrogen-bond donors (Lipinski definition) is 0. The first kappa shape index (κ1) is 20.1. The number of anilines is 1. The zero-order valence-corrected chi connectivity index (χ0v) is 17.0. The number of ketones is 1. The van der Waals surface area contributed by atoms with E-state index in [2.05, 4.69) is 5.10 Å². The smallest absolute Gasteiger partial charge is 0.343 e. The standard InChI is InChI=1S/C20H22ClN3O4/c1-11(2)9-24-19(21)18(12(3)22-24)20(27)28-10-16(25)13-5-6-15-14(7-13)8-17(26)23(15)4/h5-7,11H,8-10H2,1-4H3. The molecule has 0 radical (unpaired) electrons. The summed E-state index contributed by atoms with van der Waals surface area (Å²) in [4.78, 5) is 38.2. The van der Waals surface area contributed by atoms with Crippen molar-refractivity contribution >= 4 is 34.9 Å². The third kappa shape index (κ3) is 3.80. The average Bonchev–Trinajstić information content (AvgIpc) is 3.07. The minimum atomic E-state index is -0.679. The zero-order chi connectivity index (χ0) is 20.6. The van der Waals surface area contributed by atoms with E-state index in [4.69, 9.17) is 16.3 Å². The van der Waals surface area contributed by atoms with E-state index in [1.807, 2.05) is 13.8 Å². The number of benzene rings is 1. The molecule has 0 fully saturated rings. The number of nitrogens with zero attached hydrogens (tertiary/aromatic N) is 3. The fraction of sp³-hybridized carbons (Fsp3) is 0.400. The minimum absolute atomic E-state index is 0.0189. The summed E-state index contributed by atoms with van der Waals surface area (Å²) >= 11 is 6.27. The highest BCUT2D eigenvalue weighted by molar-refractivity contribution is 6.32. The quantitative estimate of drug-likeness (QED) is 0.547. The van der Waals surface area contributed by atoms with Gasteiger partial charge in [-0.1, -0.05) is 25.4 Å². The van der Waals surface area contributed by atoms with E-state index in [0.29, 0.717) is 23.7 Å². The fourth-order valence-corrected chi connectivity index (χ4v) is 3.50. The van der Waals surface area contributed by atoms with Crippen molar-refractivity contribution in [1.82, 2.24) is 9.78 Å². The highest BCUT2D eigenvalue weighted by Gasteiger charge is 2.26. The first-order valence-electron chi connectivity index (χ1n) is 9.01. The van der Waals surface area contributed by atoms with Crippen molar-refractivity contribution < 1.29 is 19.1 Å². The molecular weight excluding hydrogens is 382 g/mol. The van der Waals surface area contributed by atoms with Crippen LogP contribution in [0.15, 0.2) is 18.2 Å². The Morgan fingerprint density at radius 1 is 1.32 bits per heavy atom. The van der Waals surface area contributed by atoms with Gasteiger partial charge in [-0.05, 0) is 36.6 Å². The Hall–Kier alpha value is -2.67. The summed E-state index contributed by atoms with van der Waals surface area (Å²) < 4.78 is 6.75. The van der Waals surface area contributed by atoms with Crippen molar-refractivity contribution in [3.63, 3.8) is 0 Å². The molecule has 8 heteroatoms. The van der Waals surface area contributed by atoms with Crippen molar-refractivity contribution in [1.29, 1.82) is 0 Å². The van der Waals surface area contributed by atoms with E-state index in [9.17, 15) is 14.4 Å². The molecule has 0 aliphatic carbocycles. The number of ether oxygens (including phenoxy) is 1. The van der Waals surface area contributed by atoms with Gasteiger partial charge in [-0.15, -0.1) is 0 Å². The van der Waals surface area contributed by atoms with E-state index in [1.54, 1.807) is 41.8 Å². The molecule has 3 rings (SSSR count). The van der Waals surface area contributed by atoms with Crippen LogP contribution in [0.5, 0.6) is 0 Å². The van der Waals surface area contributed by atoms with Crippen LogP contribution in [0.25, 0.3) is 0 Å². The molecule has 0 bridgehead atoms. The summed E-state index contributed by atoms with van der Waals surface area (Å²) in [6.45, 7) is 5.88. The second-order valence-corrected chi connectivity index (χ2v) is 7.66. The second kappa shape index (κ2) is 7.75. The molecule has 0 atom stereocenters. The number of hydrogen-bond acceptors (Lipinski definition) is 5. The van der Waals surface area contributed by atoms with E-state index < -0.39 is 12.6 Å². The Bertz CT molecular complexity index is 965. The van der Waals surface area contributed by atoms with E-state index in [-0.39, 0.29) is 28.8 Å². The maximum atomic E-state index is 12.4. The highest BCUT2D eigenvalue weighted by Crippen LogP contribution is 2.28. The molecule has 1 amide bonds. The monoisotopic (exact) mass is 403 g/mol. The third-order valence-electron chi connectivity index (χ3n) is 4.62. The molecule has 0 spiro atoms. The number of fused-ring (bicyclic) bond motifs is 1. The maximum absolute atomic E-state index is 12.4. The van der Waals surface area contributed by atoms with Crippen LogP contribution in [-0.4, -0.2) is 41.1 Å². The lowest BCUT2D eigenvalue weighted by molar-refractivity contribution is -0.117. The van der Waals surface area contributed by atoms with Crippen molar-refractivity contribution in [2.24, 2.45) is 5.92 Å². The zero-order valence-electron chi connectivity index (χ0n) is 16.3. The number of rotatable bonds is 6. The topological polar surface area (TPSA) is 81.5 Å². The van der Waals surface area contributed by atoms with Crippen LogP contribution in [0, 0.1) is 12.8 Å². The van der Waals surface area contributed by atoms with E-state index in [0.717, 1.165) is 11.3 Å². The van der Waals surface area contributed by atoms with Crippen LogP contribution in [0.1, 0.15) is 45.8 Å². The average molecular weight is 404 g/mol. The largest absolute Gasteiger partial charge is 0.454 e. The van der Waals surface area contributed by atoms with Crippen molar-refractivity contribution in [3.05, 3.63) is 45.7 Å². The summed E-state index contributed by atoms with van der Waals surface area (Å²) in [5.74, 6) is -0.731. The molecule has 2 heterocycles. The molecule has 0 N–H and O–H groups in total. The molecule has 0 saturated carbocycles. The van der Waals surface area contributed by atoms with Gasteiger partial charge in [-0.3, -0.25) is 14.3 Å². The summed E-state index contributed by atoms with van der Waals surface area (Å²) in [7, 11) is 1.70. The second-order valence-electron chi connectivity index (χ2n) is 7.30. The van der Waals surface area contributed by atoms with Crippen LogP contribution >= 0.6 is 11.6 Å². The number of aryl methyl sites for hydroxylation is 1. The van der Waals surface area contributed by atoms with Crippen LogP contribution in [0.4, 0.5) is 5.69 Å². The number of halogens is 1. The third-order valence-corrected chi connectivity index (χ3v) is 5.00. The molecule has 0 unspecified atom stereocenters. The lowest BCUT2D eigenvalue weighted by Crippen LogP contribution is -2.20. The Kier molecular flexibility index (Phi) is 5.56. The number of carbonyl (C=O) groups is 3. The van der Waals surface area contributed by atoms with Gasteiger partial charge in [0.2, 0.25) is 5.91 Å². The Balaban J connectivity index is 1.69. The minimum Gasteiger partial charge on any atom is -0.454 e. The summed E-state index contributed by atoms with van der Waals surface area (Å²) in [5.41, 5.74) is 2.61. The molecule has 1 aliphatic heterocycles. The summed E-state index contributed by atoms with van der Waals surface area (Å²) in [6, 6.07) is 5.03. The van der Waals surface area contributed by atoms with Crippen LogP contribution in [0.3, 0.4) is 0 Å². The molecule has 2 aromatic rings. The first-order valence-corrected chi connectivity index (χ1v) is 9.39. The molecular formula is C20H22ClN3O4. The predicted molar refractivity (Wildman–Crippen MR) is 105 cm³/mol. The molecule has 1 aromatic carbocycles. The van der Waals surface area contributed by atoms with E-state index >= 15 is 0 Å². The van der Waals surface area contributed by atoms with Gasteiger partial charge in [-0.2, -0.15) is 5.10 Å². The molecule has 0 saturated heterocycles. The van der Waals surface area contributed by atoms with Crippen LogP contribution < -0.4 is 4.90 Å². The molecule has 1 aliphatic rings. The van der Waals surface area contributed by atoms with Gasteiger partial charge in [0, 0.05) is 24.8 Å². The summed E-state index contributed by atoms with van der Waals surface area (Å²) in [6.07, 6.45) is 0.260. The number of likely N-dealkylation sites (N-methyl/N-ethyl adjacent to an activating group) is 1. The number of esters is 1. The lowest BCUT2D eigenvalue weighted by atomic mass is 10.1. The highest BCUT2D eigenvalue weighted by atomic mass is 35.5. The van der Waals surface area contributed by atoms with Gasteiger partial charge < -0.3 is 9.64 Å². The maximum Gasteiger partial charge on any atom is 0.343 e.